The fourth-order valence-electron chi connectivity index (χ4n) is 2.25. The van der Waals surface area contributed by atoms with Crippen molar-refractivity contribution < 1.29 is 14.3 Å². The average molecular weight is 383 g/mol. The molecule has 1 amide bonds. The second kappa shape index (κ2) is 8.29. The van der Waals surface area contributed by atoms with Crippen LogP contribution in [0.25, 0.3) is 0 Å². The molecule has 3 rings (SSSR count). The molecule has 8 heteroatoms. The first-order chi connectivity index (χ1) is 13.1. The minimum absolute atomic E-state index is 0.247. The van der Waals surface area contributed by atoms with Crippen molar-refractivity contribution in [3.8, 4) is 0 Å². The van der Waals surface area contributed by atoms with Gasteiger partial charge in [-0.2, -0.15) is 0 Å². The first kappa shape index (κ1) is 18.3. The van der Waals surface area contributed by atoms with Crippen molar-refractivity contribution in [1.82, 2.24) is 9.97 Å². The van der Waals surface area contributed by atoms with Gasteiger partial charge >= 0.3 is 5.97 Å². The summed E-state index contributed by atoms with van der Waals surface area (Å²) in [6.45, 7) is 0. The van der Waals surface area contributed by atoms with Crippen LogP contribution < -0.4 is 10.6 Å². The van der Waals surface area contributed by atoms with Gasteiger partial charge in [0.05, 0.1) is 23.9 Å². The third kappa shape index (κ3) is 4.59. The summed E-state index contributed by atoms with van der Waals surface area (Å²) in [6, 6.07) is 13.6. The summed E-state index contributed by atoms with van der Waals surface area (Å²) in [5.74, 6) is -0.641. The molecule has 0 spiro atoms. The normalized spacial score (nSPS) is 10.1. The molecule has 0 saturated carbocycles. The molecule has 0 saturated heterocycles. The zero-order chi connectivity index (χ0) is 19.2. The molecule has 0 bridgehead atoms. The highest BCUT2D eigenvalue weighted by atomic mass is 35.5. The van der Waals surface area contributed by atoms with Crippen LogP contribution in [0.1, 0.15) is 20.7 Å². The van der Waals surface area contributed by atoms with Crippen molar-refractivity contribution >= 4 is 40.8 Å². The highest BCUT2D eigenvalue weighted by molar-refractivity contribution is 6.30. The molecular weight excluding hydrogens is 368 g/mol. The zero-order valence-electron chi connectivity index (χ0n) is 14.3. The first-order valence-corrected chi connectivity index (χ1v) is 8.28. The molecule has 2 N–H and O–H groups in total. The number of esters is 1. The van der Waals surface area contributed by atoms with Gasteiger partial charge < -0.3 is 15.4 Å². The monoisotopic (exact) mass is 382 g/mol. The van der Waals surface area contributed by atoms with Gasteiger partial charge in [-0.15, -0.1) is 0 Å². The van der Waals surface area contributed by atoms with E-state index in [-0.39, 0.29) is 11.1 Å². The van der Waals surface area contributed by atoms with E-state index in [1.54, 1.807) is 48.5 Å². The molecule has 1 heterocycles. The molecule has 0 radical (unpaired) electrons. The van der Waals surface area contributed by atoms with Crippen molar-refractivity contribution in [2.75, 3.05) is 17.7 Å². The molecule has 2 aromatic carbocycles. The molecule has 0 atom stereocenters. The lowest BCUT2D eigenvalue weighted by Crippen LogP contribution is -2.16. The number of carbonyl (C=O) groups is 2. The third-order valence-electron chi connectivity index (χ3n) is 3.59. The minimum atomic E-state index is -0.537. The van der Waals surface area contributed by atoms with Gasteiger partial charge in [-0.05, 0) is 36.4 Å². The number of methoxy groups -OCH3 is 1. The first-order valence-electron chi connectivity index (χ1n) is 7.90. The second-order valence-corrected chi connectivity index (χ2v) is 5.85. The van der Waals surface area contributed by atoms with E-state index in [2.05, 4.69) is 20.6 Å². The highest BCUT2D eigenvalue weighted by Gasteiger charge is 2.14. The molecule has 0 fully saturated rings. The van der Waals surface area contributed by atoms with E-state index in [0.717, 1.165) is 5.69 Å². The maximum atomic E-state index is 12.4. The van der Waals surface area contributed by atoms with Crippen LogP contribution in [0.3, 0.4) is 0 Å². The molecule has 27 heavy (non-hydrogen) atoms. The van der Waals surface area contributed by atoms with Crippen LogP contribution in [0.2, 0.25) is 5.02 Å². The van der Waals surface area contributed by atoms with Gasteiger partial charge in [0, 0.05) is 23.1 Å². The Kier molecular flexibility index (Phi) is 5.63. The minimum Gasteiger partial charge on any atom is -0.465 e. The van der Waals surface area contributed by atoms with Gasteiger partial charge in [0.25, 0.3) is 5.91 Å². The number of hydrogen-bond donors (Lipinski definition) is 2. The number of rotatable bonds is 5. The Morgan fingerprint density at radius 2 is 1.67 bits per heavy atom. The molecule has 7 nitrogen and oxygen atoms in total. The quantitative estimate of drug-likeness (QED) is 0.650. The smallest absolute Gasteiger partial charge is 0.339 e. The average Bonchev–Trinajstić information content (AvgIpc) is 2.70. The third-order valence-corrected chi connectivity index (χ3v) is 3.85. The molecule has 0 aliphatic carbocycles. The lowest BCUT2D eigenvalue weighted by Gasteiger charge is -2.10. The van der Waals surface area contributed by atoms with E-state index in [4.69, 9.17) is 16.3 Å². The van der Waals surface area contributed by atoms with E-state index in [9.17, 15) is 9.59 Å². The number of nitrogens with zero attached hydrogens (tertiary/aromatic N) is 2. The highest BCUT2D eigenvalue weighted by Crippen LogP contribution is 2.18. The molecule has 0 aliphatic heterocycles. The van der Waals surface area contributed by atoms with Gasteiger partial charge in [0.2, 0.25) is 5.95 Å². The Morgan fingerprint density at radius 1 is 1.00 bits per heavy atom. The van der Waals surface area contributed by atoms with Crippen LogP contribution >= 0.6 is 11.6 Å². The van der Waals surface area contributed by atoms with Crippen LogP contribution in [0.4, 0.5) is 17.3 Å². The van der Waals surface area contributed by atoms with E-state index in [0.29, 0.717) is 16.7 Å². The fraction of sp³-hybridized carbons (Fsp3) is 0.0526. The number of aromatic nitrogens is 2. The van der Waals surface area contributed by atoms with E-state index < -0.39 is 11.9 Å². The SMILES string of the molecule is COC(=O)c1ccccc1NC(=O)c1cnc(Nc2ccc(Cl)cc2)nc1. The van der Waals surface area contributed by atoms with Gasteiger partial charge in [0.1, 0.15) is 0 Å². The number of hydrogen-bond acceptors (Lipinski definition) is 6. The van der Waals surface area contributed by atoms with Crippen LogP contribution in [-0.2, 0) is 4.74 Å². The maximum absolute atomic E-state index is 12.4. The number of carbonyl (C=O) groups excluding carboxylic acids is 2. The molecular formula is C19H15ClN4O3. The Labute approximate surface area is 160 Å². The Balaban J connectivity index is 1.71. The summed E-state index contributed by atoms with van der Waals surface area (Å²) in [6.07, 6.45) is 2.78. The number of anilines is 3. The van der Waals surface area contributed by atoms with Crippen molar-refractivity contribution in [3.05, 3.63) is 77.1 Å². The van der Waals surface area contributed by atoms with Crippen molar-refractivity contribution in [3.63, 3.8) is 0 Å². The number of nitrogens with one attached hydrogen (secondary N) is 2. The Morgan fingerprint density at radius 3 is 2.33 bits per heavy atom. The van der Waals surface area contributed by atoms with E-state index in [1.807, 2.05) is 0 Å². The number of ether oxygens (including phenoxy) is 1. The number of halogens is 1. The summed E-state index contributed by atoms with van der Waals surface area (Å²) in [5.41, 5.74) is 1.62. The topological polar surface area (TPSA) is 93.2 Å². The molecule has 1 aromatic heterocycles. The number of para-hydroxylation sites is 1. The standard InChI is InChI=1S/C19H15ClN4O3/c1-27-18(26)15-4-2-3-5-16(15)24-17(25)12-10-21-19(22-11-12)23-14-8-6-13(20)7-9-14/h2-11H,1H3,(H,24,25)(H,21,22,23). The van der Waals surface area contributed by atoms with Crippen LogP contribution in [0.15, 0.2) is 60.9 Å². The summed E-state index contributed by atoms with van der Waals surface area (Å²) in [7, 11) is 1.28. The van der Waals surface area contributed by atoms with Gasteiger partial charge in [-0.1, -0.05) is 23.7 Å². The van der Waals surface area contributed by atoms with Crippen molar-refractivity contribution in [1.29, 1.82) is 0 Å². The molecule has 3 aromatic rings. The lowest BCUT2D eigenvalue weighted by molar-refractivity contribution is 0.0602. The summed E-state index contributed by atoms with van der Waals surface area (Å²) >= 11 is 5.84. The van der Waals surface area contributed by atoms with Crippen LogP contribution in [0.5, 0.6) is 0 Å². The van der Waals surface area contributed by atoms with E-state index in [1.165, 1.54) is 19.5 Å². The zero-order valence-corrected chi connectivity index (χ0v) is 15.0. The predicted molar refractivity (Wildman–Crippen MR) is 103 cm³/mol. The summed E-state index contributed by atoms with van der Waals surface area (Å²) in [5, 5.41) is 6.29. The summed E-state index contributed by atoms with van der Waals surface area (Å²) in [4.78, 5) is 32.4. The molecule has 0 aliphatic rings. The second-order valence-electron chi connectivity index (χ2n) is 5.42. The Hall–Kier alpha value is -3.45. The van der Waals surface area contributed by atoms with Crippen LogP contribution in [-0.4, -0.2) is 29.0 Å². The lowest BCUT2D eigenvalue weighted by atomic mass is 10.1. The number of benzene rings is 2. The largest absolute Gasteiger partial charge is 0.465 e. The Bertz CT molecular complexity index is 959. The maximum Gasteiger partial charge on any atom is 0.339 e. The van der Waals surface area contributed by atoms with Crippen molar-refractivity contribution in [2.24, 2.45) is 0 Å². The molecule has 0 unspecified atom stereocenters. The van der Waals surface area contributed by atoms with Gasteiger partial charge in [0.15, 0.2) is 0 Å². The fourth-order valence-corrected chi connectivity index (χ4v) is 2.37. The van der Waals surface area contributed by atoms with Gasteiger partial charge in [-0.25, -0.2) is 14.8 Å². The molecule has 136 valence electrons. The predicted octanol–water partition coefficient (Wildman–Crippen LogP) is 3.91. The van der Waals surface area contributed by atoms with Gasteiger partial charge in [-0.3, -0.25) is 4.79 Å². The van der Waals surface area contributed by atoms with E-state index >= 15 is 0 Å². The van der Waals surface area contributed by atoms with Crippen molar-refractivity contribution in [2.45, 2.75) is 0 Å². The number of amides is 1. The van der Waals surface area contributed by atoms with Crippen LogP contribution in [0, 0.1) is 0 Å². The summed E-state index contributed by atoms with van der Waals surface area (Å²) < 4.78 is 4.71.